The van der Waals surface area contributed by atoms with E-state index in [9.17, 15) is 17.6 Å². The molecule has 0 aliphatic heterocycles. The molecule has 0 aromatic heterocycles. The van der Waals surface area contributed by atoms with E-state index in [-0.39, 0.29) is 16.7 Å². The molecule has 0 bridgehead atoms. The van der Waals surface area contributed by atoms with Gasteiger partial charge in [-0.2, -0.15) is 0 Å². The fraction of sp³-hybridized carbons (Fsp3) is 0.200. The van der Waals surface area contributed by atoms with Gasteiger partial charge in [-0.15, -0.1) is 0 Å². The molecule has 0 unspecified atom stereocenters. The third-order valence-corrected chi connectivity index (χ3v) is 6.19. The molecular weight excluding hydrogens is 436 g/mol. The molecule has 0 N–H and O–H groups in total. The lowest BCUT2D eigenvalue weighted by Gasteiger charge is -2.10. The Morgan fingerprint density at radius 2 is 1.00 bits per heavy atom. The van der Waals surface area contributed by atoms with E-state index in [0.717, 1.165) is 18.4 Å². The predicted molar refractivity (Wildman–Crippen MR) is 130 cm³/mol. The van der Waals surface area contributed by atoms with Crippen LogP contribution in [0.3, 0.4) is 0 Å². The average molecular weight is 463 g/mol. The van der Waals surface area contributed by atoms with Crippen LogP contribution in [0.15, 0.2) is 72.8 Å². The van der Waals surface area contributed by atoms with Crippen LogP contribution in [0.2, 0.25) is 0 Å². The summed E-state index contributed by atoms with van der Waals surface area (Å²) < 4.78 is 57.8. The van der Waals surface area contributed by atoms with Crippen molar-refractivity contribution in [2.24, 2.45) is 0 Å². The Bertz CT molecular complexity index is 1290. The number of hydrogen-bond acceptors (Lipinski definition) is 0. The van der Waals surface area contributed by atoms with Crippen LogP contribution in [0.4, 0.5) is 17.6 Å². The Hall–Kier alpha value is -3.40. The zero-order valence-electron chi connectivity index (χ0n) is 19.3. The largest absolute Gasteiger partial charge is 0.203 e. The topological polar surface area (TPSA) is 0 Å². The van der Waals surface area contributed by atoms with E-state index in [1.54, 1.807) is 48.5 Å². The van der Waals surface area contributed by atoms with Crippen LogP contribution < -0.4 is 0 Å². The molecule has 0 saturated heterocycles. The van der Waals surface area contributed by atoms with Crippen LogP contribution in [0.5, 0.6) is 0 Å². The van der Waals surface area contributed by atoms with Gasteiger partial charge in [-0.3, -0.25) is 0 Å². The predicted octanol–water partition coefficient (Wildman–Crippen LogP) is 8.62. The highest BCUT2D eigenvalue weighted by Crippen LogP contribution is 2.29. The van der Waals surface area contributed by atoms with E-state index in [2.05, 4.69) is 6.92 Å². The minimum Gasteiger partial charge on any atom is -0.203 e. The normalized spacial score (nSPS) is 11.1. The summed E-state index contributed by atoms with van der Waals surface area (Å²) in [5, 5.41) is 0. The fourth-order valence-corrected chi connectivity index (χ4v) is 4.14. The van der Waals surface area contributed by atoms with Gasteiger partial charge in [0.25, 0.3) is 0 Å². The highest BCUT2D eigenvalue weighted by atomic mass is 19.2. The SMILES string of the molecule is CCCc1ccc(-c2ccc(CCc3ccc(-c4ccc(C)c(F)c4F)cc3)c(F)c2F)cc1. The molecule has 34 heavy (non-hydrogen) atoms. The Balaban J connectivity index is 1.47. The number of benzene rings is 4. The van der Waals surface area contributed by atoms with E-state index in [1.165, 1.54) is 12.5 Å². The summed E-state index contributed by atoms with van der Waals surface area (Å²) in [4.78, 5) is 0. The first kappa shape index (κ1) is 23.7. The van der Waals surface area contributed by atoms with Gasteiger partial charge in [-0.25, -0.2) is 17.6 Å². The molecule has 4 heteroatoms. The molecule has 0 radical (unpaired) electrons. The van der Waals surface area contributed by atoms with Crippen molar-refractivity contribution in [3.8, 4) is 22.3 Å². The maximum atomic E-state index is 14.8. The second-order valence-electron chi connectivity index (χ2n) is 8.60. The van der Waals surface area contributed by atoms with Crippen molar-refractivity contribution < 1.29 is 17.6 Å². The highest BCUT2D eigenvalue weighted by Gasteiger charge is 2.15. The minimum absolute atomic E-state index is 0.195. The zero-order chi connectivity index (χ0) is 24.2. The molecule has 0 saturated carbocycles. The van der Waals surface area contributed by atoms with Crippen molar-refractivity contribution in [1.82, 2.24) is 0 Å². The fourth-order valence-electron chi connectivity index (χ4n) is 4.14. The maximum absolute atomic E-state index is 14.8. The van der Waals surface area contributed by atoms with E-state index < -0.39 is 23.3 Å². The summed E-state index contributed by atoms with van der Waals surface area (Å²) in [7, 11) is 0. The van der Waals surface area contributed by atoms with Crippen molar-refractivity contribution in [3.05, 3.63) is 118 Å². The van der Waals surface area contributed by atoms with Gasteiger partial charge in [0, 0.05) is 11.1 Å². The molecule has 0 aliphatic carbocycles. The Morgan fingerprint density at radius 3 is 1.56 bits per heavy atom. The van der Waals surface area contributed by atoms with E-state index in [1.807, 2.05) is 24.3 Å². The molecule has 174 valence electrons. The molecule has 0 heterocycles. The van der Waals surface area contributed by atoms with E-state index in [4.69, 9.17) is 0 Å². The summed E-state index contributed by atoms with van der Waals surface area (Å²) >= 11 is 0. The second kappa shape index (κ2) is 10.3. The molecule has 0 spiro atoms. The third kappa shape index (κ3) is 4.91. The molecule has 4 rings (SSSR count). The lowest BCUT2D eigenvalue weighted by molar-refractivity contribution is 0.501. The number of rotatable bonds is 7. The van der Waals surface area contributed by atoms with E-state index in [0.29, 0.717) is 29.5 Å². The first-order valence-electron chi connectivity index (χ1n) is 11.5. The van der Waals surface area contributed by atoms with Gasteiger partial charge in [0.2, 0.25) is 0 Å². The number of halogens is 4. The van der Waals surface area contributed by atoms with Crippen LogP contribution in [-0.4, -0.2) is 0 Å². The summed E-state index contributed by atoms with van der Waals surface area (Å²) in [6, 6.07) is 20.9. The average Bonchev–Trinajstić information content (AvgIpc) is 2.85. The first-order valence-corrected chi connectivity index (χ1v) is 11.5. The molecular formula is C30H26F4. The minimum atomic E-state index is -0.870. The van der Waals surface area contributed by atoms with Gasteiger partial charge in [-0.05, 0) is 59.6 Å². The lowest BCUT2D eigenvalue weighted by Crippen LogP contribution is -2.00. The lowest BCUT2D eigenvalue weighted by atomic mass is 9.97. The van der Waals surface area contributed by atoms with Crippen LogP contribution >= 0.6 is 0 Å². The van der Waals surface area contributed by atoms with Crippen molar-refractivity contribution >= 4 is 0 Å². The van der Waals surface area contributed by atoms with Gasteiger partial charge in [0.05, 0.1) is 0 Å². The van der Waals surface area contributed by atoms with Gasteiger partial charge >= 0.3 is 0 Å². The monoisotopic (exact) mass is 462 g/mol. The Kier molecular flexibility index (Phi) is 7.16. The first-order chi connectivity index (χ1) is 16.4. The standard InChI is InChI=1S/C30H26F4/c1-3-4-20-6-11-23(12-7-20)26-18-16-24(28(32)30(26)34)15-10-21-8-13-22(14-9-21)25-17-5-19(2)27(31)29(25)33/h5-9,11-14,16-18H,3-4,10,15H2,1-2H3. The number of aryl methyl sites for hydroxylation is 4. The molecule has 0 atom stereocenters. The van der Waals surface area contributed by atoms with Crippen molar-refractivity contribution in [2.45, 2.75) is 39.5 Å². The quantitative estimate of drug-likeness (QED) is 0.241. The second-order valence-corrected chi connectivity index (χ2v) is 8.60. The summed E-state index contributed by atoms with van der Waals surface area (Å²) in [5.74, 6) is -3.39. The van der Waals surface area contributed by atoms with Crippen LogP contribution in [-0.2, 0) is 19.3 Å². The van der Waals surface area contributed by atoms with Gasteiger partial charge in [0.1, 0.15) is 0 Å². The Morgan fingerprint density at radius 1 is 0.500 bits per heavy atom. The van der Waals surface area contributed by atoms with Crippen molar-refractivity contribution in [3.63, 3.8) is 0 Å². The molecule has 0 aliphatic rings. The van der Waals surface area contributed by atoms with Gasteiger partial charge < -0.3 is 0 Å². The van der Waals surface area contributed by atoms with Crippen molar-refractivity contribution in [1.29, 1.82) is 0 Å². The van der Waals surface area contributed by atoms with Gasteiger partial charge in [-0.1, -0.05) is 86.1 Å². The molecule has 0 fully saturated rings. The van der Waals surface area contributed by atoms with E-state index >= 15 is 0 Å². The summed E-state index contributed by atoms with van der Waals surface area (Å²) in [5.41, 5.74) is 4.29. The smallest absolute Gasteiger partial charge is 0.166 e. The van der Waals surface area contributed by atoms with Crippen LogP contribution in [0.25, 0.3) is 22.3 Å². The summed E-state index contributed by atoms with van der Waals surface area (Å²) in [6.45, 7) is 3.62. The molecule has 0 nitrogen and oxygen atoms in total. The highest BCUT2D eigenvalue weighted by molar-refractivity contribution is 5.66. The number of hydrogen-bond donors (Lipinski definition) is 0. The third-order valence-electron chi connectivity index (χ3n) is 6.19. The molecule has 4 aromatic carbocycles. The Labute approximate surface area is 197 Å². The summed E-state index contributed by atoms with van der Waals surface area (Å²) in [6.07, 6.45) is 2.80. The van der Waals surface area contributed by atoms with Crippen LogP contribution in [0.1, 0.15) is 35.6 Å². The van der Waals surface area contributed by atoms with Crippen molar-refractivity contribution in [2.75, 3.05) is 0 Å². The van der Waals surface area contributed by atoms with Gasteiger partial charge in [0.15, 0.2) is 23.3 Å². The maximum Gasteiger partial charge on any atom is 0.166 e. The van der Waals surface area contributed by atoms with Crippen LogP contribution in [0, 0.1) is 30.2 Å². The zero-order valence-corrected chi connectivity index (χ0v) is 19.3. The molecule has 4 aromatic rings. The molecule has 0 amide bonds.